The molecule has 1 N–H and O–H groups in total. The average Bonchev–Trinajstić information content (AvgIpc) is 2.26. The summed E-state index contributed by atoms with van der Waals surface area (Å²) in [6.07, 6.45) is 5.14. The second kappa shape index (κ2) is 4.36. The van der Waals surface area contributed by atoms with Crippen LogP contribution in [0, 0.1) is 5.41 Å². The minimum Gasteiger partial charge on any atom is -0.320 e. The van der Waals surface area contributed by atoms with E-state index in [0.717, 1.165) is 6.54 Å². The second-order valence-corrected chi connectivity index (χ2v) is 5.11. The van der Waals surface area contributed by atoms with Crippen molar-refractivity contribution in [1.82, 2.24) is 5.32 Å². The summed E-state index contributed by atoms with van der Waals surface area (Å²) in [5.74, 6) is 0. The van der Waals surface area contributed by atoms with Crippen LogP contribution in [0.2, 0.25) is 0 Å². The molecule has 1 aliphatic carbocycles. The smallest absolute Gasteiger partial charge is 0.00466 e. The fourth-order valence-corrected chi connectivity index (χ4v) is 2.60. The fraction of sp³-hybridized carbons (Fsp3) is 0.571. The van der Waals surface area contributed by atoms with E-state index in [1.54, 1.807) is 11.1 Å². The molecule has 1 heteroatoms. The predicted molar refractivity (Wildman–Crippen MR) is 65.1 cm³/mol. The highest BCUT2D eigenvalue weighted by Gasteiger charge is 2.28. The SMILES string of the molecule is CNCCC1(C)CCc2ccccc2C1. The number of hydrogen-bond donors (Lipinski definition) is 1. The highest BCUT2D eigenvalue weighted by Crippen LogP contribution is 2.37. The van der Waals surface area contributed by atoms with Crippen molar-refractivity contribution in [2.24, 2.45) is 5.41 Å². The molecule has 82 valence electrons. The summed E-state index contributed by atoms with van der Waals surface area (Å²) >= 11 is 0. The van der Waals surface area contributed by atoms with E-state index in [0.29, 0.717) is 5.41 Å². The molecule has 0 bridgehead atoms. The lowest BCUT2D eigenvalue weighted by atomic mass is 9.71. The molecule has 0 fully saturated rings. The Morgan fingerprint density at radius 3 is 2.73 bits per heavy atom. The van der Waals surface area contributed by atoms with Crippen LogP contribution in [0.25, 0.3) is 0 Å². The lowest BCUT2D eigenvalue weighted by Gasteiger charge is -2.35. The third kappa shape index (κ3) is 2.40. The first kappa shape index (κ1) is 10.7. The summed E-state index contributed by atoms with van der Waals surface area (Å²) in [4.78, 5) is 0. The third-order valence-corrected chi connectivity index (χ3v) is 3.71. The van der Waals surface area contributed by atoms with E-state index in [1.807, 2.05) is 7.05 Å². The van der Waals surface area contributed by atoms with Crippen LogP contribution in [0.1, 0.15) is 30.9 Å². The van der Waals surface area contributed by atoms with E-state index in [9.17, 15) is 0 Å². The molecule has 0 radical (unpaired) electrons. The quantitative estimate of drug-likeness (QED) is 0.796. The number of rotatable bonds is 3. The van der Waals surface area contributed by atoms with Crippen LogP contribution in [0.15, 0.2) is 24.3 Å². The Morgan fingerprint density at radius 2 is 2.00 bits per heavy atom. The Hall–Kier alpha value is -0.820. The molecule has 1 aromatic carbocycles. The number of hydrogen-bond acceptors (Lipinski definition) is 1. The lowest BCUT2D eigenvalue weighted by molar-refractivity contribution is 0.255. The molecule has 15 heavy (non-hydrogen) atoms. The van der Waals surface area contributed by atoms with Crippen molar-refractivity contribution in [3.63, 3.8) is 0 Å². The standard InChI is InChI=1S/C14H21N/c1-14(9-10-15-2)8-7-12-5-3-4-6-13(12)11-14/h3-6,15H,7-11H2,1-2H3. The van der Waals surface area contributed by atoms with E-state index < -0.39 is 0 Å². The van der Waals surface area contributed by atoms with E-state index >= 15 is 0 Å². The van der Waals surface area contributed by atoms with Crippen LogP contribution < -0.4 is 5.32 Å². The van der Waals surface area contributed by atoms with Crippen LogP contribution in [-0.4, -0.2) is 13.6 Å². The normalized spacial score (nSPS) is 24.9. The van der Waals surface area contributed by atoms with Crippen molar-refractivity contribution < 1.29 is 0 Å². The van der Waals surface area contributed by atoms with Gasteiger partial charge in [0.15, 0.2) is 0 Å². The summed E-state index contributed by atoms with van der Waals surface area (Å²) in [7, 11) is 2.04. The monoisotopic (exact) mass is 203 g/mol. The van der Waals surface area contributed by atoms with Crippen molar-refractivity contribution >= 4 is 0 Å². The van der Waals surface area contributed by atoms with Gasteiger partial charge in [-0.15, -0.1) is 0 Å². The molecule has 1 aliphatic rings. The summed E-state index contributed by atoms with van der Waals surface area (Å²) in [6.45, 7) is 3.57. The first-order valence-electron chi connectivity index (χ1n) is 5.95. The minimum absolute atomic E-state index is 0.511. The van der Waals surface area contributed by atoms with Gasteiger partial charge in [0.25, 0.3) is 0 Å². The number of benzene rings is 1. The topological polar surface area (TPSA) is 12.0 Å². The molecule has 0 heterocycles. The summed E-state index contributed by atoms with van der Waals surface area (Å²) in [6, 6.07) is 8.91. The fourth-order valence-electron chi connectivity index (χ4n) is 2.60. The highest BCUT2D eigenvalue weighted by molar-refractivity contribution is 5.30. The molecule has 0 saturated carbocycles. The van der Waals surface area contributed by atoms with Crippen molar-refractivity contribution in [1.29, 1.82) is 0 Å². The Labute approximate surface area is 92.9 Å². The Kier molecular flexibility index (Phi) is 3.11. The summed E-state index contributed by atoms with van der Waals surface area (Å²) in [5, 5.41) is 3.26. The van der Waals surface area contributed by atoms with E-state index in [1.165, 1.54) is 25.7 Å². The van der Waals surface area contributed by atoms with Crippen LogP contribution in [-0.2, 0) is 12.8 Å². The van der Waals surface area contributed by atoms with Gasteiger partial charge >= 0.3 is 0 Å². The maximum atomic E-state index is 3.26. The van der Waals surface area contributed by atoms with Crippen molar-refractivity contribution in [3.05, 3.63) is 35.4 Å². The molecule has 1 nitrogen and oxygen atoms in total. The first-order chi connectivity index (χ1) is 7.23. The van der Waals surface area contributed by atoms with Gasteiger partial charge in [-0.05, 0) is 55.8 Å². The molecule has 0 aromatic heterocycles. The molecule has 1 atom stereocenters. The van der Waals surface area contributed by atoms with Gasteiger partial charge in [0, 0.05) is 0 Å². The number of fused-ring (bicyclic) bond motifs is 1. The number of aryl methyl sites for hydroxylation is 1. The van der Waals surface area contributed by atoms with Gasteiger partial charge in [0.1, 0.15) is 0 Å². The highest BCUT2D eigenvalue weighted by atomic mass is 14.8. The Bertz CT molecular complexity index is 332. The van der Waals surface area contributed by atoms with E-state index in [-0.39, 0.29) is 0 Å². The van der Waals surface area contributed by atoms with Crippen LogP contribution >= 0.6 is 0 Å². The van der Waals surface area contributed by atoms with Crippen LogP contribution in [0.4, 0.5) is 0 Å². The second-order valence-electron chi connectivity index (χ2n) is 5.11. The molecule has 1 aromatic rings. The predicted octanol–water partition coefficient (Wildman–Crippen LogP) is 2.79. The zero-order chi connectivity index (χ0) is 10.7. The number of nitrogens with one attached hydrogen (secondary N) is 1. The summed E-state index contributed by atoms with van der Waals surface area (Å²) in [5.41, 5.74) is 3.65. The Balaban J connectivity index is 2.10. The van der Waals surface area contributed by atoms with Gasteiger partial charge in [-0.1, -0.05) is 31.2 Å². The van der Waals surface area contributed by atoms with Gasteiger partial charge in [0.2, 0.25) is 0 Å². The van der Waals surface area contributed by atoms with Crippen LogP contribution in [0.3, 0.4) is 0 Å². The summed E-state index contributed by atoms with van der Waals surface area (Å²) < 4.78 is 0. The van der Waals surface area contributed by atoms with Gasteiger partial charge in [-0.25, -0.2) is 0 Å². The molecule has 0 spiro atoms. The lowest BCUT2D eigenvalue weighted by Crippen LogP contribution is -2.29. The van der Waals surface area contributed by atoms with Crippen molar-refractivity contribution in [2.45, 2.75) is 32.6 Å². The zero-order valence-corrected chi connectivity index (χ0v) is 9.84. The average molecular weight is 203 g/mol. The maximum absolute atomic E-state index is 3.26. The molecular weight excluding hydrogens is 182 g/mol. The third-order valence-electron chi connectivity index (χ3n) is 3.71. The zero-order valence-electron chi connectivity index (χ0n) is 9.84. The van der Waals surface area contributed by atoms with Gasteiger partial charge < -0.3 is 5.32 Å². The largest absolute Gasteiger partial charge is 0.320 e. The van der Waals surface area contributed by atoms with Crippen molar-refractivity contribution in [2.75, 3.05) is 13.6 Å². The van der Waals surface area contributed by atoms with E-state index in [2.05, 4.69) is 36.5 Å². The minimum atomic E-state index is 0.511. The van der Waals surface area contributed by atoms with Gasteiger partial charge in [0.05, 0.1) is 0 Å². The molecule has 2 rings (SSSR count). The molecule has 0 aliphatic heterocycles. The Morgan fingerprint density at radius 1 is 1.27 bits per heavy atom. The molecule has 1 unspecified atom stereocenters. The first-order valence-corrected chi connectivity index (χ1v) is 5.95. The van der Waals surface area contributed by atoms with Gasteiger partial charge in [-0.2, -0.15) is 0 Å². The van der Waals surface area contributed by atoms with Gasteiger partial charge in [-0.3, -0.25) is 0 Å². The van der Waals surface area contributed by atoms with E-state index in [4.69, 9.17) is 0 Å². The maximum Gasteiger partial charge on any atom is -0.00466 e. The molecular formula is C14H21N. The van der Waals surface area contributed by atoms with Crippen molar-refractivity contribution in [3.8, 4) is 0 Å². The van der Waals surface area contributed by atoms with Crippen LogP contribution in [0.5, 0.6) is 0 Å². The molecule has 0 amide bonds. The molecule has 0 saturated heterocycles.